The van der Waals surface area contributed by atoms with Crippen molar-refractivity contribution in [1.82, 2.24) is 4.90 Å². The Labute approximate surface area is 178 Å². The van der Waals surface area contributed by atoms with E-state index in [0.29, 0.717) is 34.1 Å². The molecule has 0 radical (unpaired) electrons. The number of nitrogens with one attached hydrogen (secondary N) is 1. The molecule has 5 rings (SSSR count). The molecule has 0 bridgehead atoms. The highest BCUT2D eigenvalue weighted by Crippen LogP contribution is 2.37. The van der Waals surface area contributed by atoms with Gasteiger partial charge in [-0.15, -0.1) is 0 Å². The van der Waals surface area contributed by atoms with Gasteiger partial charge < -0.3 is 19.2 Å². The summed E-state index contributed by atoms with van der Waals surface area (Å²) in [6.07, 6.45) is 1.52. The second-order valence-corrected chi connectivity index (χ2v) is 7.52. The molecular formula is C24H20N2O5. The molecule has 2 aliphatic rings. The molecule has 0 spiro atoms. The van der Waals surface area contributed by atoms with Crippen molar-refractivity contribution in [3.8, 4) is 11.5 Å². The summed E-state index contributed by atoms with van der Waals surface area (Å²) in [5, 5.41) is 3.14. The van der Waals surface area contributed by atoms with Crippen molar-refractivity contribution in [2.24, 2.45) is 0 Å². The first kappa shape index (κ1) is 19.0. The number of hydrogen-bond donors (Lipinski definition) is 1. The Balaban J connectivity index is 1.56. The van der Waals surface area contributed by atoms with Crippen LogP contribution in [-0.4, -0.2) is 23.5 Å². The molecule has 1 N–H and O–H groups in total. The van der Waals surface area contributed by atoms with Crippen LogP contribution in [0.3, 0.4) is 0 Å². The zero-order valence-corrected chi connectivity index (χ0v) is 17.1. The topological polar surface area (TPSA) is 81.0 Å². The first-order chi connectivity index (χ1) is 15.0. The van der Waals surface area contributed by atoms with Crippen LogP contribution < -0.4 is 14.8 Å². The molecule has 2 aliphatic heterocycles. The van der Waals surface area contributed by atoms with Gasteiger partial charge in [0.25, 0.3) is 11.8 Å². The number of rotatable bonds is 5. The lowest BCUT2D eigenvalue weighted by Gasteiger charge is -2.13. The van der Waals surface area contributed by atoms with Crippen molar-refractivity contribution in [3.63, 3.8) is 0 Å². The molecule has 0 unspecified atom stereocenters. The van der Waals surface area contributed by atoms with Gasteiger partial charge in [0, 0.05) is 11.8 Å². The lowest BCUT2D eigenvalue weighted by Crippen LogP contribution is -2.31. The van der Waals surface area contributed by atoms with Gasteiger partial charge in [0.1, 0.15) is 11.5 Å². The lowest BCUT2D eigenvalue weighted by atomic mass is 9.99. The molecule has 0 saturated carbocycles. The molecule has 0 fully saturated rings. The van der Waals surface area contributed by atoms with Gasteiger partial charge in [-0.25, -0.2) is 0 Å². The fraction of sp³-hybridized carbons (Fsp3) is 0.167. The fourth-order valence-corrected chi connectivity index (χ4v) is 3.68. The summed E-state index contributed by atoms with van der Waals surface area (Å²) in [6.45, 7) is 4.20. The lowest BCUT2D eigenvalue weighted by molar-refractivity contribution is -0.137. The minimum atomic E-state index is -0.410. The van der Waals surface area contributed by atoms with E-state index in [-0.39, 0.29) is 24.9 Å². The van der Waals surface area contributed by atoms with Gasteiger partial charge in [-0.1, -0.05) is 18.2 Å². The van der Waals surface area contributed by atoms with Crippen molar-refractivity contribution in [2.45, 2.75) is 20.4 Å². The molecule has 0 atom stereocenters. The van der Waals surface area contributed by atoms with Crippen LogP contribution in [0.2, 0.25) is 0 Å². The third-order valence-corrected chi connectivity index (χ3v) is 5.50. The van der Waals surface area contributed by atoms with Crippen molar-refractivity contribution >= 4 is 23.1 Å². The number of fused-ring (bicyclic) bond motifs is 1. The maximum atomic E-state index is 13.3. The molecule has 3 aromatic rings. The van der Waals surface area contributed by atoms with Crippen molar-refractivity contribution in [3.05, 3.63) is 82.9 Å². The number of aryl methyl sites for hydroxylation is 2. The number of anilines is 1. The molecule has 7 heteroatoms. The number of furan rings is 1. The minimum absolute atomic E-state index is 0.0608. The molecule has 0 aliphatic carbocycles. The summed E-state index contributed by atoms with van der Waals surface area (Å²) >= 11 is 0. The van der Waals surface area contributed by atoms with E-state index in [0.717, 1.165) is 11.1 Å². The van der Waals surface area contributed by atoms with E-state index in [9.17, 15) is 9.59 Å². The van der Waals surface area contributed by atoms with Gasteiger partial charge in [-0.3, -0.25) is 14.5 Å². The largest absolute Gasteiger partial charge is 0.467 e. The summed E-state index contributed by atoms with van der Waals surface area (Å²) in [5.41, 5.74) is 4.01. The van der Waals surface area contributed by atoms with Gasteiger partial charge in [-0.2, -0.15) is 0 Å². The standard InChI is InChI=1S/C24H20N2O5/c1-14-5-6-16(10-15(14)2)21-22(25-17-7-8-19-20(11-17)31-13-30-19)24(28)26(23(21)27)12-18-4-3-9-29-18/h3-11,25H,12-13H2,1-2H3. The minimum Gasteiger partial charge on any atom is -0.467 e. The maximum absolute atomic E-state index is 13.3. The average molecular weight is 416 g/mol. The number of hydrogen-bond acceptors (Lipinski definition) is 6. The first-order valence-corrected chi connectivity index (χ1v) is 9.88. The van der Waals surface area contributed by atoms with Crippen molar-refractivity contribution < 1.29 is 23.5 Å². The van der Waals surface area contributed by atoms with E-state index in [2.05, 4.69) is 5.32 Å². The average Bonchev–Trinajstić information content (AvgIpc) is 3.48. The van der Waals surface area contributed by atoms with E-state index in [1.54, 1.807) is 30.3 Å². The van der Waals surface area contributed by atoms with E-state index >= 15 is 0 Å². The highest BCUT2D eigenvalue weighted by atomic mass is 16.7. The molecule has 2 aromatic carbocycles. The van der Waals surface area contributed by atoms with Gasteiger partial charge >= 0.3 is 0 Å². The Morgan fingerprint density at radius 2 is 1.77 bits per heavy atom. The van der Waals surface area contributed by atoms with Gasteiger partial charge in [0.2, 0.25) is 6.79 Å². The van der Waals surface area contributed by atoms with E-state index in [1.807, 2.05) is 32.0 Å². The number of ether oxygens (including phenoxy) is 2. The molecule has 2 amide bonds. The second kappa shape index (κ2) is 7.36. The van der Waals surface area contributed by atoms with E-state index in [1.165, 1.54) is 11.2 Å². The van der Waals surface area contributed by atoms with Crippen LogP contribution in [0.4, 0.5) is 5.69 Å². The zero-order chi connectivity index (χ0) is 21.5. The third-order valence-electron chi connectivity index (χ3n) is 5.50. The quantitative estimate of drug-likeness (QED) is 0.633. The second-order valence-electron chi connectivity index (χ2n) is 7.52. The monoisotopic (exact) mass is 416 g/mol. The molecule has 156 valence electrons. The Morgan fingerprint density at radius 3 is 2.55 bits per heavy atom. The Morgan fingerprint density at radius 1 is 0.935 bits per heavy atom. The number of amides is 2. The Kier molecular flexibility index (Phi) is 4.51. The van der Waals surface area contributed by atoms with Crippen LogP contribution in [0, 0.1) is 13.8 Å². The van der Waals surface area contributed by atoms with E-state index in [4.69, 9.17) is 13.9 Å². The van der Waals surface area contributed by atoms with Gasteiger partial charge in [-0.05, 0) is 54.8 Å². The van der Waals surface area contributed by atoms with Gasteiger partial charge in [0.15, 0.2) is 11.5 Å². The predicted molar refractivity (Wildman–Crippen MR) is 113 cm³/mol. The normalized spacial score (nSPS) is 15.2. The number of benzene rings is 2. The first-order valence-electron chi connectivity index (χ1n) is 9.88. The van der Waals surface area contributed by atoms with Crippen LogP contribution >= 0.6 is 0 Å². The molecule has 0 saturated heterocycles. The maximum Gasteiger partial charge on any atom is 0.278 e. The molecule has 1 aromatic heterocycles. The molecule has 31 heavy (non-hydrogen) atoms. The number of imide groups is 1. The Bertz CT molecular complexity index is 1230. The molecule has 7 nitrogen and oxygen atoms in total. The molecule has 3 heterocycles. The van der Waals surface area contributed by atoms with Crippen LogP contribution in [0.25, 0.3) is 5.57 Å². The smallest absolute Gasteiger partial charge is 0.278 e. The van der Waals surface area contributed by atoms with Crippen LogP contribution in [0.15, 0.2) is 64.9 Å². The number of carbonyl (C=O) groups is 2. The fourth-order valence-electron chi connectivity index (χ4n) is 3.68. The van der Waals surface area contributed by atoms with Gasteiger partial charge in [0.05, 0.1) is 18.4 Å². The zero-order valence-electron chi connectivity index (χ0n) is 17.1. The van der Waals surface area contributed by atoms with Crippen LogP contribution in [0.5, 0.6) is 11.5 Å². The highest BCUT2D eigenvalue weighted by molar-refractivity contribution is 6.36. The summed E-state index contributed by atoms with van der Waals surface area (Å²) in [7, 11) is 0. The van der Waals surface area contributed by atoms with Crippen LogP contribution in [-0.2, 0) is 16.1 Å². The SMILES string of the molecule is Cc1ccc(C2=C(Nc3ccc4c(c3)OCO4)C(=O)N(Cc3ccco3)C2=O)cc1C. The van der Waals surface area contributed by atoms with Crippen molar-refractivity contribution in [2.75, 3.05) is 12.1 Å². The van der Waals surface area contributed by atoms with Crippen molar-refractivity contribution in [1.29, 1.82) is 0 Å². The third kappa shape index (κ3) is 3.34. The number of carbonyl (C=O) groups excluding carboxylic acids is 2. The summed E-state index contributed by atoms with van der Waals surface area (Å²) in [6, 6.07) is 14.5. The predicted octanol–water partition coefficient (Wildman–Crippen LogP) is 4.02. The summed E-state index contributed by atoms with van der Waals surface area (Å²) in [5.74, 6) is 0.982. The van der Waals surface area contributed by atoms with E-state index < -0.39 is 5.91 Å². The highest BCUT2D eigenvalue weighted by Gasteiger charge is 2.39. The summed E-state index contributed by atoms with van der Waals surface area (Å²) < 4.78 is 16.1. The Hall–Kier alpha value is -4.00. The van der Waals surface area contributed by atoms with Crippen LogP contribution in [0.1, 0.15) is 22.5 Å². The number of nitrogens with zero attached hydrogens (tertiary/aromatic N) is 1. The molecular weight excluding hydrogens is 396 g/mol. The summed E-state index contributed by atoms with van der Waals surface area (Å²) in [4.78, 5) is 27.8.